The number of ether oxygens (including phenoxy) is 2. The van der Waals surface area contributed by atoms with Crippen LogP contribution in [-0.4, -0.2) is 35.9 Å². The van der Waals surface area contributed by atoms with E-state index in [9.17, 15) is 10.2 Å². The predicted octanol–water partition coefficient (Wildman–Crippen LogP) is 1.73. The third-order valence-electron chi connectivity index (χ3n) is 2.35. The fourth-order valence-corrected chi connectivity index (χ4v) is 1.62. The van der Waals surface area contributed by atoms with Crippen molar-refractivity contribution >= 4 is 11.6 Å². The first-order chi connectivity index (χ1) is 8.13. The van der Waals surface area contributed by atoms with Gasteiger partial charge in [-0.05, 0) is 24.6 Å². The summed E-state index contributed by atoms with van der Waals surface area (Å²) in [5.74, 6) is 1.09. The molecule has 1 aromatic carbocycles. The Labute approximate surface area is 106 Å². The van der Waals surface area contributed by atoms with Gasteiger partial charge in [0.15, 0.2) is 11.5 Å². The summed E-state index contributed by atoms with van der Waals surface area (Å²) < 4.78 is 10.5. The standard InChI is InChI=1S/C12H17ClO4/c1-3-17-11-6-8(4-5-10(11)16-2)12(15)9(14)7-13/h4-6,9,12,14-15H,3,7H2,1-2H3. The van der Waals surface area contributed by atoms with Gasteiger partial charge < -0.3 is 19.7 Å². The second-order valence-corrected chi connectivity index (χ2v) is 3.82. The zero-order chi connectivity index (χ0) is 12.8. The lowest BCUT2D eigenvalue weighted by Gasteiger charge is -2.17. The summed E-state index contributed by atoms with van der Waals surface area (Å²) in [7, 11) is 1.54. The molecule has 2 unspecified atom stereocenters. The minimum Gasteiger partial charge on any atom is -0.493 e. The first-order valence-corrected chi connectivity index (χ1v) is 5.90. The number of halogens is 1. The quantitative estimate of drug-likeness (QED) is 0.765. The van der Waals surface area contributed by atoms with E-state index in [0.717, 1.165) is 0 Å². The van der Waals surface area contributed by atoms with Gasteiger partial charge in [-0.25, -0.2) is 0 Å². The fourth-order valence-electron chi connectivity index (χ4n) is 1.45. The van der Waals surface area contributed by atoms with Gasteiger partial charge in [-0.2, -0.15) is 0 Å². The van der Waals surface area contributed by atoms with Gasteiger partial charge in [0.25, 0.3) is 0 Å². The number of hydrogen-bond acceptors (Lipinski definition) is 4. The smallest absolute Gasteiger partial charge is 0.161 e. The molecule has 0 spiro atoms. The van der Waals surface area contributed by atoms with E-state index in [1.54, 1.807) is 25.3 Å². The lowest BCUT2D eigenvalue weighted by atomic mass is 10.0. The van der Waals surface area contributed by atoms with Crippen molar-refractivity contribution < 1.29 is 19.7 Å². The molecular weight excluding hydrogens is 244 g/mol. The van der Waals surface area contributed by atoms with Gasteiger partial charge in [0.1, 0.15) is 6.10 Å². The van der Waals surface area contributed by atoms with Crippen molar-refractivity contribution in [2.75, 3.05) is 19.6 Å². The Morgan fingerprint density at radius 3 is 2.53 bits per heavy atom. The topological polar surface area (TPSA) is 58.9 Å². The highest BCUT2D eigenvalue weighted by Crippen LogP contribution is 2.31. The van der Waals surface area contributed by atoms with E-state index in [1.807, 2.05) is 6.92 Å². The summed E-state index contributed by atoms with van der Waals surface area (Å²) in [6.45, 7) is 2.35. The fraction of sp³-hybridized carbons (Fsp3) is 0.500. The molecule has 17 heavy (non-hydrogen) atoms. The molecule has 0 aliphatic carbocycles. The number of aliphatic hydroxyl groups excluding tert-OH is 2. The highest BCUT2D eigenvalue weighted by atomic mass is 35.5. The molecule has 0 saturated carbocycles. The van der Waals surface area contributed by atoms with E-state index in [-0.39, 0.29) is 5.88 Å². The molecule has 0 saturated heterocycles. The molecule has 4 nitrogen and oxygen atoms in total. The Morgan fingerprint density at radius 2 is 2.00 bits per heavy atom. The molecular formula is C12H17ClO4. The summed E-state index contributed by atoms with van der Waals surface area (Å²) in [5.41, 5.74) is 0.544. The van der Waals surface area contributed by atoms with E-state index < -0.39 is 12.2 Å². The van der Waals surface area contributed by atoms with Crippen LogP contribution in [-0.2, 0) is 0 Å². The molecule has 0 aliphatic heterocycles. The Balaban J connectivity index is 2.98. The molecule has 0 aliphatic rings. The highest BCUT2D eigenvalue weighted by Gasteiger charge is 2.19. The van der Waals surface area contributed by atoms with Crippen molar-refractivity contribution in [3.8, 4) is 11.5 Å². The van der Waals surface area contributed by atoms with Gasteiger partial charge in [-0.3, -0.25) is 0 Å². The predicted molar refractivity (Wildman–Crippen MR) is 65.8 cm³/mol. The maximum Gasteiger partial charge on any atom is 0.161 e. The molecule has 0 heterocycles. The Kier molecular flexibility index (Phi) is 5.55. The van der Waals surface area contributed by atoms with Gasteiger partial charge >= 0.3 is 0 Å². The lowest BCUT2D eigenvalue weighted by Crippen LogP contribution is -2.19. The van der Waals surface area contributed by atoms with Gasteiger partial charge in [0.05, 0.1) is 25.7 Å². The second-order valence-electron chi connectivity index (χ2n) is 3.51. The van der Waals surface area contributed by atoms with Crippen molar-refractivity contribution in [2.24, 2.45) is 0 Å². The number of rotatable bonds is 6. The molecule has 2 atom stereocenters. The van der Waals surface area contributed by atoms with Crippen LogP contribution in [0.4, 0.5) is 0 Å². The van der Waals surface area contributed by atoms with Gasteiger partial charge in [-0.1, -0.05) is 6.07 Å². The molecule has 1 aromatic rings. The van der Waals surface area contributed by atoms with Gasteiger partial charge in [0, 0.05) is 0 Å². The van der Waals surface area contributed by atoms with Gasteiger partial charge in [-0.15, -0.1) is 11.6 Å². The Hall–Kier alpha value is -0.970. The molecule has 0 fully saturated rings. The largest absolute Gasteiger partial charge is 0.493 e. The molecule has 0 radical (unpaired) electrons. The average molecular weight is 261 g/mol. The molecule has 96 valence electrons. The van der Waals surface area contributed by atoms with Crippen LogP contribution in [0, 0.1) is 0 Å². The minimum absolute atomic E-state index is 0.0306. The Morgan fingerprint density at radius 1 is 1.29 bits per heavy atom. The van der Waals surface area contributed by atoms with Crippen LogP contribution in [0.1, 0.15) is 18.6 Å². The van der Waals surface area contributed by atoms with Crippen LogP contribution < -0.4 is 9.47 Å². The molecule has 5 heteroatoms. The van der Waals surface area contributed by atoms with Crippen molar-refractivity contribution in [1.82, 2.24) is 0 Å². The van der Waals surface area contributed by atoms with E-state index in [2.05, 4.69) is 0 Å². The molecule has 0 bridgehead atoms. The number of aliphatic hydroxyl groups is 2. The number of alkyl halides is 1. The molecule has 0 aromatic heterocycles. The van der Waals surface area contributed by atoms with Crippen LogP contribution in [0.25, 0.3) is 0 Å². The molecule has 1 rings (SSSR count). The van der Waals surface area contributed by atoms with Crippen LogP contribution in [0.3, 0.4) is 0 Å². The van der Waals surface area contributed by atoms with Crippen LogP contribution in [0.15, 0.2) is 18.2 Å². The highest BCUT2D eigenvalue weighted by molar-refractivity contribution is 6.18. The molecule has 2 N–H and O–H groups in total. The lowest BCUT2D eigenvalue weighted by molar-refractivity contribution is 0.0325. The van der Waals surface area contributed by atoms with Crippen LogP contribution in [0.2, 0.25) is 0 Å². The average Bonchev–Trinajstić information content (AvgIpc) is 2.37. The van der Waals surface area contributed by atoms with E-state index in [0.29, 0.717) is 23.7 Å². The first kappa shape index (κ1) is 14.1. The van der Waals surface area contributed by atoms with Crippen LogP contribution >= 0.6 is 11.6 Å². The van der Waals surface area contributed by atoms with Gasteiger partial charge in [0.2, 0.25) is 0 Å². The van der Waals surface area contributed by atoms with E-state index in [4.69, 9.17) is 21.1 Å². The van der Waals surface area contributed by atoms with Crippen LogP contribution in [0.5, 0.6) is 11.5 Å². The first-order valence-electron chi connectivity index (χ1n) is 5.36. The number of methoxy groups -OCH3 is 1. The van der Waals surface area contributed by atoms with E-state index in [1.165, 1.54) is 0 Å². The number of benzene rings is 1. The zero-order valence-corrected chi connectivity index (χ0v) is 10.6. The SMILES string of the molecule is CCOc1cc(C(O)C(O)CCl)ccc1OC. The maximum atomic E-state index is 9.81. The van der Waals surface area contributed by atoms with E-state index >= 15 is 0 Å². The second kappa shape index (κ2) is 6.69. The monoisotopic (exact) mass is 260 g/mol. The normalized spacial score (nSPS) is 14.2. The summed E-state index contributed by atoms with van der Waals surface area (Å²) >= 11 is 5.49. The van der Waals surface area contributed by atoms with Crippen molar-refractivity contribution in [3.05, 3.63) is 23.8 Å². The summed E-state index contributed by atoms with van der Waals surface area (Å²) in [4.78, 5) is 0. The maximum absolute atomic E-state index is 9.81. The van der Waals surface area contributed by atoms with Crippen molar-refractivity contribution in [3.63, 3.8) is 0 Å². The summed E-state index contributed by atoms with van der Waals surface area (Å²) in [6.07, 6.45) is -2.03. The number of hydrogen-bond donors (Lipinski definition) is 2. The minimum atomic E-state index is -1.03. The van der Waals surface area contributed by atoms with Crippen molar-refractivity contribution in [1.29, 1.82) is 0 Å². The zero-order valence-electron chi connectivity index (χ0n) is 9.89. The third kappa shape index (κ3) is 3.49. The summed E-state index contributed by atoms with van der Waals surface area (Å²) in [5, 5.41) is 19.3. The molecule has 0 amide bonds. The van der Waals surface area contributed by atoms with Crippen molar-refractivity contribution in [2.45, 2.75) is 19.1 Å². The summed E-state index contributed by atoms with van der Waals surface area (Å²) in [6, 6.07) is 5.00. The Bertz CT molecular complexity index is 356. The third-order valence-corrected chi connectivity index (χ3v) is 2.67.